The Morgan fingerprint density at radius 2 is 1.05 bits per heavy atom. The largest absolute Gasteiger partial charge is 0.385 e. The Hall–Kier alpha value is -1.26. The van der Waals surface area contributed by atoms with E-state index in [0.29, 0.717) is 23.7 Å². The lowest BCUT2D eigenvalue weighted by Crippen LogP contribution is -2.53. The van der Waals surface area contributed by atoms with Gasteiger partial charge in [-0.2, -0.15) is 0 Å². The highest BCUT2D eigenvalue weighted by Crippen LogP contribution is 2.56. The van der Waals surface area contributed by atoms with Crippen molar-refractivity contribution >= 4 is 11.6 Å². The molecule has 4 nitrogen and oxygen atoms in total. The number of Topliss-reactive ketones (excluding diaryl/α,β-unsaturated/α-hetero) is 2. The smallest absolute Gasteiger partial charge is 0.165 e. The van der Waals surface area contributed by atoms with Gasteiger partial charge in [-0.15, -0.1) is 0 Å². The number of fused-ring (bicyclic) bond motifs is 10. The van der Waals surface area contributed by atoms with Crippen molar-refractivity contribution in [2.75, 3.05) is 0 Å². The third-order valence-corrected chi connectivity index (χ3v) is 7.01. The van der Waals surface area contributed by atoms with Crippen LogP contribution in [0.5, 0.6) is 0 Å². The van der Waals surface area contributed by atoms with Crippen LogP contribution in [0.25, 0.3) is 0 Å². The lowest BCUT2D eigenvalue weighted by molar-refractivity contribution is -0.153. The second-order valence-corrected chi connectivity index (χ2v) is 7.80. The average Bonchev–Trinajstić information content (AvgIpc) is 3.30. The summed E-state index contributed by atoms with van der Waals surface area (Å²) in [7, 11) is 0. The molecule has 6 rings (SSSR count). The molecule has 0 aromatic rings. The average molecular weight is 300 g/mol. The van der Waals surface area contributed by atoms with Gasteiger partial charge in [-0.1, -0.05) is 24.3 Å². The Balaban J connectivity index is 0.000000102. The van der Waals surface area contributed by atoms with Crippen LogP contribution < -0.4 is 0 Å². The Morgan fingerprint density at radius 3 is 1.41 bits per heavy atom. The van der Waals surface area contributed by atoms with Crippen LogP contribution in [0.3, 0.4) is 0 Å². The highest BCUT2D eigenvalue weighted by Gasteiger charge is 2.61. The first-order chi connectivity index (χ1) is 10.6. The minimum Gasteiger partial charge on any atom is -0.385 e. The van der Waals surface area contributed by atoms with Crippen LogP contribution in [-0.2, 0) is 9.59 Å². The molecule has 22 heavy (non-hydrogen) atoms. The molecule has 0 spiro atoms. The lowest BCUT2D eigenvalue weighted by Gasteiger charge is -2.40. The molecule has 6 aliphatic rings. The van der Waals surface area contributed by atoms with Crippen LogP contribution >= 0.6 is 0 Å². The van der Waals surface area contributed by atoms with E-state index < -0.39 is 12.2 Å². The summed E-state index contributed by atoms with van der Waals surface area (Å²) in [6.07, 6.45) is 9.60. The minimum absolute atomic E-state index is 0.0897. The predicted octanol–water partition coefficient (Wildman–Crippen LogP) is 0.737. The number of carbonyl (C=O) groups excluding carboxylic acids is 2. The number of rotatable bonds is 0. The van der Waals surface area contributed by atoms with Crippen LogP contribution in [0.4, 0.5) is 0 Å². The van der Waals surface area contributed by atoms with Crippen LogP contribution in [0.15, 0.2) is 24.3 Å². The molecule has 4 heteroatoms. The number of hydrogen-bond donors (Lipinski definition) is 2. The molecular formula is C18H20O4. The molecule has 0 saturated heterocycles. The van der Waals surface area contributed by atoms with Gasteiger partial charge < -0.3 is 10.2 Å². The normalized spacial score (nSPS) is 57.9. The third-order valence-electron chi connectivity index (χ3n) is 7.01. The zero-order chi connectivity index (χ0) is 15.2. The Morgan fingerprint density at radius 1 is 0.682 bits per heavy atom. The first kappa shape index (κ1) is 13.2. The molecule has 0 aromatic heterocycles. The zero-order valence-corrected chi connectivity index (χ0v) is 12.2. The van der Waals surface area contributed by atoms with E-state index in [1.165, 1.54) is 0 Å². The fourth-order valence-corrected chi connectivity index (χ4v) is 5.92. The molecule has 4 fully saturated rings. The monoisotopic (exact) mass is 300 g/mol. The Bertz CT molecular complexity index is 567. The van der Waals surface area contributed by atoms with E-state index in [0.717, 1.165) is 12.8 Å². The molecule has 0 radical (unpaired) electrons. The summed E-state index contributed by atoms with van der Waals surface area (Å²) in [5, 5.41) is 18.7. The molecular weight excluding hydrogens is 280 g/mol. The standard InChI is InChI=1S/2C9H10O2/c2*10-8-6-4-1-2-5(3-4)7(6)9(8)11/h2*1-2,4-8,10H,3H2/t2*4?,5?,6?,7?,8-/m10/s1. The van der Waals surface area contributed by atoms with Gasteiger partial charge in [0.15, 0.2) is 11.6 Å². The molecule has 4 bridgehead atoms. The molecule has 0 heterocycles. The number of hydrogen-bond acceptors (Lipinski definition) is 4. The van der Waals surface area contributed by atoms with Crippen LogP contribution in [0, 0.1) is 47.3 Å². The lowest BCUT2D eigenvalue weighted by atomic mass is 9.65. The van der Waals surface area contributed by atoms with Gasteiger partial charge in [-0.05, 0) is 36.5 Å². The number of allylic oxidation sites excluding steroid dienone is 4. The van der Waals surface area contributed by atoms with E-state index >= 15 is 0 Å². The molecule has 6 aliphatic carbocycles. The van der Waals surface area contributed by atoms with Gasteiger partial charge in [0.1, 0.15) is 12.2 Å². The van der Waals surface area contributed by atoms with Gasteiger partial charge in [-0.3, -0.25) is 9.59 Å². The molecule has 0 amide bonds. The summed E-state index contributed by atoms with van der Waals surface area (Å²) < 4.78 is 0. The second-order valence-electron chi connectivity index (χ2n) is 7.80. The molecule has 0 aromatic carbocycles. The zero-order valence-electron chi connectivity index (χ0n) is 12.2. The fourth-order valence-electron chi connectivity index (χ4n) is 5.92. The maximum absolute atomic E-state index is 11.1. The van der Waals surface area contributed by atoms with E-state index in [1.54, 1.807) is 0 Å². The summed E-state index contributed by atoms with van der Waals surface area (Å²) in [4.78, 5) is 22.3. The van der Waals surface area contributed by atoms with Crippen molar-refractivity contribution < 1.29 is 19.8 Å². The highest BCUT2D eigenvalue weighted by molar-refractivity contribution is 5.94. The van der Waals surface area contributed by atoms with E-state index in [9.17, 15) is 19.8 Å². The highest BCUT2D eigenvalue weighted by atomic mass is 16.3. The number of aliphatic hydroxyl groups excluding tert-OH is 2. The van der Waals surface area contributed by atoms with Crippen LogP contribution in [0.2, 0.25) is 0 Å². The van der Waals surface area contributed by atoms with Crippen molar-refractivity contribution in [3.05, 3.63) is 24.3 Å². The maximum atomic E-state index is 11.1. The van der Waals surface area contributed by atoms with E-state index in [2.05, 4.69) is 24.3 Å². The Kier molecular flexibility index (Phi) is 2.51. The van der Waals surface area contributed by atoms with Gasteiger partial charge in [0, 0.05) is 23.7 Å². The molecule has 116 valence electrons. The van der Waals surface area contributed by atoms with Crippen molar-refractivity contribution in [3.63, 3.8) is 0 Å². The third kappa shape index (κ3) is 1.41. The number of aliphatic hydroxyl groups is 2. The first-order valence-electron chi connectivity index (χ1n) is 8.38. The summed E-state index contributed by atoms with van der Waals surface area (Å²) in [5.74, 6) is 3.12. The van der Waals surface area contributed by atoms with Gasteiger partial charge in [0.2, 0.25) is 0 Å². The van der Waals surface area contributed by atoms with E-state index in [4.69, 9.17) is 0 Å². The van der Waals surface area contributed by atoms with Crippen molar-refractivity contribution in [1.29, 1.82) is 0 Å². The van der Waals surface area contributed by atoms with E-state index in [-0.39, 0.29) is 35.2 Å². The van der Waals surface area contributed by atoms with Crippen molar-refractivity contribution in [3.8, 4) is 0 Å². The molecule has 2 N–H and O–H groups in total. The molecule has 4 saturated carbocycles. The van der Waals surface area contributed by atoms with E-state index in [1.807, 2.05) is 0 Å². The van der Waals surface area contributed by atoms with Gasteiger partial charge >= 0.3 is 0 Å². The second kappa shape index (κ2) is 4.18. The van der Waals surface area contributed by atoms with Crippen LogP contribution in [0.1, 0.15) is 12.8 Å². The van der Waals surface area contributed by atoms with Gasteiger partial charge in [0.05, 0.1) is 0 Å². The van der Waals surface area contributed by atoms with Crippen molar-refractivity contribution in [1.82, 2.24) is 0 Å². The predicted molar refractivity (Wildman–Crippen MR) is 77.5 cm³/mol. The molecule has 10 atom stereocenters. The van der Waals surface area contributed by atoms with Gasteiger partial charge in [0.25, 0.3) is 0 Å². The van der Waals surface area contributed by atoms with Crippen molar-refractivity contribution in [2.45, 2.75) is 25.0 Å². The maximum Gasteiger partial charge on any atom is 0.165 e. The molecule has 8 unspecified atom stereocenters. The topological polar surface area (TPSA) is 74.6 Å². The Labute approximate surface area is 128 Å². The number of carbonyl (C=O) groups is 2. The van der Waals surface area contributed by atoms with Crippen LogP contribution in [-0.4, -0.2) is 34.0 Å². The summed E-state index contributed by atoms with van der Waals surface area (Å²) in [6, 6.07) is 0. The van der Waals surface area contributed by atoms with Crippen molar-refractivity contribution in [2.24, 2.45) is 47.3 Å². The summed E-state index contributed by atoms with van der Waals surface area (Å²) >= 11 is 0. The number of ketones is 2. The van der Waals surface area contributed by atoms with Gasteiger partial charge in [-0.25, -0.2) is 0 Å². The minimum atomic E-state index is -0.625. The summed E-state index contributed by atoms with van der Waals surface area (Å²) in [6.45, 7) is 0. The first-order valence-corrected chi connectivity index (χ1v) is 8.38. The molecule has 0 aliphatic heterocycles. The fraction of sp³-hybridized carbons (Fsp3) is 0.667. The SMILES string of the molecule is O=C1C2C3C=CC(C3)C2[C@@H]1O.O=C1C2C3C=CC(C3)C2[C@H]1O. The quantitative estimate of drug-likeness (QED) is 0.647. The summed E-state index contributed by atoms with van der Waals surface area (Å²) in [5.41, 5.74) is 0.